The lowest BCUT2D eigenvalue weighted by Gasteiger charge is -2.19. The van der Waals surface area contributed by atoms with Crippen molar-refractivity contribution in [3.8, 4) is 5.75 Å². The summed E-state index contributed by atoms with van der Waals surface area (Å²) in [4.78, 5) is 5.31. The summed E-state index contributed by atoms with van der Waals surface area (Å²) in [5.74, 6) is 1.40. The molecule has 2 N–H and O–H groups in total. The van der Waals surface area contributed by atoms with Crippen LogP contribution in [0.5, 0.6) is 5.75 Å². The second-order valence-electron chi connectivity index (χ2n) is 5.29. The van der Waals surface area contributed by atoms with Crippen molar-refractivity contribution >= 4 is 5.96 Å². The number of guanidine groups is 1. The van der Waals surface area contributed by atoms with Crippen molar-refractivity contribution in [2.75, 3.05) is 46.9 Å². The lowest BCUT2D eigenvalue weighted by atomic mass is 10.3. The average molecular weight is 346 g/mol. The van der Waals surface area contributed by atoms with E-state index in [0.717, 1.165) is 5.75 Å². The van der Waals surface area contributed by atoms with Gasteiger partial charge < -0.3 is 15.4 Å². The van der Waals surface area contributed by atoms with Gasteiger partial charge in [-0.25, -0.2) is 0 Å². The number of hydrogen-bond acceptors (Lipinski definition) is 3. The quantitative estimate of drug-likeness (QED) is 0.409. The lowest BCUT2D eigenvalue weighted by Crippen LogP contribution is -2.40. The normalized spacial score (nSPS) is 12.3. The van der Waals surface area contributed by atoms with E-state index in [4.69, 9.17) is 4.74 Å². The molecule has 0 saturated heterocycles. The number of ether oxygens (including phenoxy) is 1. The number of alkyl halides is 3. The summed E-state index contributed by atoms with van der Waals surface area (Å²) in [5.41, 5.74) is 0. The van der Waals surface area contributed by atoms with Crippen molar-refractivity contribution in [2.24, 2.45) is 4.99 Å². The van der Waals surface area contributed by atoms with Crippen LogP contribution in [0.2, 0.25) is 0 Å². The van der Waals surface area contributed by atoms with Gasteiger partial charge in [-0.1, -0.05) is 18.2 Å². The summed E-state index contributed by atoms with van der Waals surface area (Å²) in [5, 5.41) is 6.15. The average Bonchev–Trinajstić information content (AvgIpc) is 2.52. The summed E-state index contributed by atoms with van der Waals surface area (Å²) in [6.45, 7) is 1.07. The van der Waals surface area contributed by atoms with Crippen molar-refractivity contribution in [3.63, 3.8) is 0 Å². The molecular formula is C16H25F3N4O. The Kier molecular flexibility index (Phi) is 8.99. The molecule has 1 rings (SSSR count). The number of rotatable bonds is 9. The van der Waals surface area contributed by atoms with Crippen molar-refractivity contribution in [3.05, 3.63) is 30.3 Å². The van der Waals surface area contributed by atoms with Gasteiger partial charge >= 0.3 is 6.18 Å². The molecule has 0 aliphatic carbocycles. The maximum atomic E-state index is 12.2. The number of nitrogens with zero attached hydrogens (tertiary/aromatic N) is 2. The van der Waals surface area contributed by atoms with Crippen LogP contribution in [0.25, 0.3) is 0 Å². The van der Waals surface area contributed by atoms with E-state index in [2.05, 4.69) is 15.6 Å². The number of hydrogen-bond donors (Lipinski definition) is 2. The van der Waals surface area contributed by atoms with Gasteiger partial charge in [0.05, 0.1) is 13.1 Å². The fourth-order valence-electron chi connectivity index (χ4n) is 2.02. The monoisotopic (exact) mass is 346 g/mol. The first kappa shape index (κ1) is 20.1. The van der Waals surface area contributed by atoms with Gasteiger partial charge in [-0.05, 0) is 32.1 Å². The van der Waals surface area contributed by atoms with Crippen LogP contribution < -0.4 is 15.4 Å². The highest BCUT2D eigenvalue weighted by Gasteiger charge is 2.28. The Morgan fingerprint density at radius 3 is 2.46 bits per heavy atom. The largest absolute Gasteiger partial charge is 0.492 e. The Balaban J connectivity index is 2.10. The molecule has 1 aromatic carbocycles. The van der Waals surface area contributed by atoms with Crippen LogP contribution in [0.1, 0.15) is 6.42 Å². The fourth-order valence-corrected chi connectivity index (χ4v) is 2.02. The Morgan fingerprint density at radius 2 is 1.83 bits per heavy atom. The summed E-state index contributed by atoms with van der Waals surface area (Å²) < 4.78 is 42.1. The molecule has 0 fully saturated rings. The van der Waals surface area contributed by atoms with Crippen molar-refractivity contribution in [2.45, 2.75) is 12.6 Å². The molecule has 0 aromatic heterocycles. The molecule has 1 aromatic rings. The summed E-state index contributed by atoms with van der Waals surface area (Å²) in [6, 6.07) is 9.48. The first-order chi connectivity index (χ1) is 11.4. The van der Waals surface area contributed by atoms with E-state index in [1.165, 1.54) is 11.9 Å². The highest BCUT2D eigenvalue weighted by molar-refractivity contribution is 5.79. The van der Waals surface area contributed by atoms with Crippen LogP contribution in [-0.4, -0.2) is 63.9 Å². The molecule has 0 bridgehead atoms. The van der Waals surface area contributed by atoms with E-state index >= 15 is 0 Å². The van der Waals surface area contributed by atoms with Crippen LogP contribution in [0.3, 0.4) is 0 Å². The van der Waals surface area contributed by atoms with Crippen molar-refractivity contribution < 1.29 is 17.9 Å². The van der Waals surface area contributed by atoms with Gasteiger partial charge in [-0.3, -0.25) is 9.89 Å². The minimum Gasteiger partial charge on any atom is -0.492 e. The SMILES string of the molecule is CN=C(NCCCN(C)CC(F)(F)F)NCCOc1ccccc1. The Bertz CT molecular complexity index is 480. The third-order valence-corrected chi connectivity index (χ3v) is 3.09. The second kappa shape index (κ2) is 10.7. The molecule has 0 spiro atoms. The first-order valence-electron chi connectivity index (χ1n) is 7.78. The lowest BCUT2D eigenvalue weighted by molar-refractivity contribution is -0.143. The van der Waals surface area contributed by atoms with Crippen molar-refractivity contribution in [1.82, 2.24) is 15.5 Å². The van der Waals surface area contributed by atoms with Gasteiger partial charge in [0, 0.05) is 13.6 Å². The molecule has 136 valence electrons. The topological polar surface area (TPSA) is 48.9 Å². The Hall–Kier alpha value is -1.96. The predicted octanol–water partition coefficient (Wildman–Crippen LogP) is 2.11. The Morgan fingerprint density at radius 1 is 1.17 bits per heavy atom. The van der Waals surface area contributed by atoms with E-state index in [1.807, 2.05) is 30.3 Å². The van der Waals surface area contributed by atoms with Gasteiger partial charge in [0.25, 0.3) is 0 Å². The van der Waals surface area contributed by atoms with Gasteiger partial charge in [0.2, 0.25) is 0 Å². The molecule has 0 aliphatic rings. The zero-order valence-electron chi connectivity index (χ0n) is 14.1. The maximum Gasteiger partial charge on any atom is 0.401 e. The van der Waals surface area contributed by atoms with E-state index in [-0.39, 0.29) is 0 Å². The number of benzene rings is 1. The van der Waals surface area contributed by atoms with Crippen molar-refractivity contribution in [1.29, 1.82) is 0 Å². The summed E-state index contributed by atoms with van der Waals surface area (Å²) in [6.07, 6.45) is -3.56. The number of aliphatic imine (C=N–C) groups is 1. The molecule has 5 nitrogen and oxygen atoms in total. The van der Waals surface area contributed by atoms with E-state index in [9.17, 15) is 13.2 Å². The fraction of sp³-hybridized carbons (Fsp3) is 0.562. The van der Waals surface area contributed by atoms with E-state index in [0.29, 0.717) is 38.6 Å². The molecule has 0 amide bonds. The van der Waals surface area contributed by atoms with Crippen LogP contribution in [0, 0.1) is 0 Å². The van der Waals surface area contributed by atoms with Gasteiger partial charge in [0.15, 0.2) is 5.96 Å². The molecule has 0 atom stereocenters. The zero-order valence-corrected chi connectivity index (χ0v) is 14.1. The van der Waals surface area contributed by atoms with Gasteiger partial charge in [-0.2, -0.15) is 13.2 Å². The summed E-state index contributed by atoms with van der Waals surface area (Å²) >= 11 is 0. The van der Waals surface area contributed by atoms with Gasteiger partial charge in [0.1, 0.15) is 12.4 Å². The van der Waals surface area contributed by atoms with Gasteiger partial charge in [-0.15, -0.1) is 0 Å². The first-order valence-corrected chi connectivity index (χ1v) is 7.78. The number of halogens is 3. The van der Waals surface area contributed by atoms with Crippen LogP contribution in [-0.2, 0) is 0 Å². The third-order valence-electron chi connectivity index (χ3n) is 3.09. The standard InChI is InChI=1S/C16H25F3N4O/c1-20-15(21-9-6-11-23(2)13-16(17,18)19)22-10-12-24-14-7-4-3-5-8-14/h3-5,7-8H,6,9-13H2,1-2H3,(H2,20,21,22). The zero-order chi connectivity index (χ0) is 17.8. The molecule has 0 saturated carbocycles. The number of para-hydroxylation sites is 1. The molecular weight excluding hydrogens is 321 g/mol. The summed E-state index contributed by atoms with van der Waals surface area (Å²) in [7, 11) is 3.10. The number of nitrogens with one attached hydrogen (secondary N) is 2. The highest BCUT2D eigenvalue weighted by atomic mass is 19.4. The van der Waals surface area contributed by atoms with Crippen LogP contribution >= 0.6 is 0 Å². The van der Waals surface area contributed by atoms with E-state index in [1.54, 1.807) is 7.05 Å². The minimum absolute atomic E-state index is 0.362. The molecule has 0 aliphatic heterocycles. The molecule has 0 heterocycles. The minimum atomic E-state index is -4.15. The predicted molar refractivity (Wildman–Crippen MR) is 89.5 cm³/mol. The highest BCUT2D eigenvalue weighted by Crippen LogP contribution is 2.15. The molecule has 24 heavy (non-hydrogen) atoms. The van der Waals surface area contributed by atoms with Crippen LogP contribution in [0.15, 0.2) is 35.3 Å². The maximum absolute atomic E-state index is 12.2. The van der Waals surface area contributed by atoms with Crippen LogP contribution in [0.4, 0.5) is 13.2 Å². The molecule has 8 heteroatoms. The molecule has 0 radical (unpaired) electrons. The second-order valence-corrected chi connectivity index (χ2v) is 5.29. The molecule has 0 unspecified atom stereocenters. The third kappa shape index (κ3) is 9.94. The van der Waals surface area contributed by atoms with E-state index < -0.39 is 12.7 Å². The smallest absolute Gasteiger partial charge is 0.401 e. The Labute approximate surface area is 140 Å².